The molecule has 1 saturated heterocycles. The van der Waals surface area contributed by atoms with Gasteiger partial charge in [0.05, 0.1) is 26.9 Å². The minimum atomic E-state index is -0.731. The predicted molar refractivity (Wildman–Crippen MR) is 71.4 cm³/mol. The fourth-order valence-corrected chi connectivity index (χ4v) is 2.57. The number of benzene rings is 1. The number of ether oxygens (including phenoxy) is 3. The van der Waals surface area contributed by atoms with E-state index in [1.165, 1.54) is 0 Å². The van der Waals surface area contributed by atoms with Gasteiger partial charge in [-0.25, -0.2) is 0 Å². The van der Waals surface area contributed by atoms with Gasteiger partial charge in [0.2, 0.25) is 0 Å². The monoisotopic (exact) mass is 267 g/mol. The number of para-hydroxylation sites is 1. The van der Waals surface area contributed by atoms with Crippen LogP contribution in [0.1, 0.15) is 18.1 Å². The lowest BCUT2D eigenvalue weighted by molar-refractivity contribution is 0.0174. The number of rotatable bonds is 5. The maximum atomic E-state index is 10.7. The lowest BCUT2D eigenvalue weighted by Gasteiger charge is -2.32. The lowest BCUT2D eigenvalue weighted by atomic mass is 9.78. The summed E-state index contributed by atoms with van der Waals surface area (Å²) in [6.45, 7) is 1.46. The van der Waals surface area contributed by atoms with Gasteiger partial charge in [0.25, 0.3) is 0 Å². The molecule has 0 spiro atoms. The third-order valence-corrected chi connectivity index (χ3v) is 3.85. The van der Waals surface area contributed by atoms with Crippen LogP contribution >= 0.6 is 0 Å². The van der Waals surface area contributed by atoms with Gasteiger partial charge in [-0.1, -0.05) is 12.1 Å². The van der Waals surface area contributed by atoms with Gasteiger partial charge in [0.1, 0.15) is 0 Å². The number of nitrogens with two attached hydrogens (primary N) is 1. The van der Waals surface area contributed by atoms with Crippen molar-refractivity contribution in [3.63, 3.8) is 0 Å². The Balaban J connectivity index is 2.40. The van der Waals surface area contributed by atoms with E-state index in [-0.39, 0.29) is 0 Å². The van der Waals surface area contributed by atoms with Gasteiger partial charge in [-0.3, -0.25) is 0 Å². The third-order valence-electron chi connectivity index (χ3n) is 3.85. The first-order valence-electron chi connectivity index (χ1n) is 6.35. The first kappa shape index (κ1) is 14.1. The van der Waals surface area contributed by atoms with Gasteiger partial charge in [0, 0.05) is 24.1 Å². The number of hydrogen-bond donors (Lipinski definition) is 2. The zero-order valence-electron chi connectivity index (χ0n) is 11.4. The summed E-state index contributed by atoms with van der Waals surface area (Å²) in [4.78, 5) is 0. The average Bonchev–Trinajstić information content (AvgIpc) is 2.95. The van der Waals surface area contributed by atoms with Gasteiger partial charge in [-0.15, -0.1) is 0 Å². The van der Waals surface area contributed by atoms with Crippen molar-refractivity contribution < 1.29 is 19.3 Å². The number of aliphatic hydroxyl groups is 1. The van der Waals surface area contributed by atoms with E-state index in [1.54, 1.807) is 20.3 Å². The van der Waals surface area contributed by atoms with E-state index in [2.05, 4.69) is 0 Å². The smallest absolute Gasteiger partial charge is 0.166 e. The molecule has 3 N–H and O–H groups in total. The maximum Gasteiger partial charge on any atom is 0.166 e. The summed E-state index contributed by atoms with van der Waals surface area (Å²) in [6, 6.07) is 5.47. The molecule has 106 valence electrons. The average molecular weight is 267 g/mol. The zero-order chi connectivity index (χ0) is 13.9. The molecule has 1 aliphatic heterocycles. The summed E-state index contributed by atoms with van der Waals surface area (Å²) in [7, 11) is 3.14. The molecule has 1 fully saturated rings. The van der Waals surface area contributed by atoms with E-state index in [0.29, 0.717) is 36.8 Å². The summed E-state index contributed by atoms with van der Waals surface area (Å²) < 4.78 is 16.0. The van der Waals surface area contributed by atoms with E-state index in [0.717, 1.165) is 6.42 Å². The van der Waals surface area contributed by atoms with Gasteiger partial charge in [0.15, 0.2) is 11.5 Å². The highest BCUT2D eigenvalue weighted by molar-refractivity contribution is 5.48. The molecule has 5 nitrogen and oxygen atoms in total. The molecule has 0 aromatic heterocycles. The normalized spacial score (nSPS) is 24.2. The van der Waals surface area contributed by atoms with E-state index in [4.69, 9.17) is 19.9 Å². The summed E-state index contributed by atoms with van der Waals surface area (Å²) in [5.41, 5.74) is 6.10. The van der Waals surface area contributed by atoms with Crippen molar-refractivity contribution in [3.8, 4) is 11.5 Å². The Morgan fingerprint density at radius 2 is 2.21 bits per heavy atom. The zero-order valence-corrected chi connectivity index (χ0v) is 11.4. The van der Waals surface area contributed by atoms with Crippen LogP contribution in [0.3, 0.4) is 0 Å². The maximum absolute atomic E-state index is 10.7. The molecular formula is C14H21NO4. The lowest BCUT2D eigenvalue weighted by Crippen LogP contribution is -2.37. The number of methoxy groups -OCH3 is 2. The van der Waals surface area contributed by atoms with Crippen molar-refractivity contribution in [2.45, 2.75) is 12.5 Å². The van der Waals surface area contributed by atoms with Crippen LogP contribution in [0.25, 0.3) is 0 Å². The van der Waals surface area contributed by atoms with Gasteiger partial charge < -0.3 is 25.1 Å². The first-order valence-corrected chi connectivity index (χ1v) is 6.35. The summed E-state index contributed by atoms with van der Waals surface area (Å²) >= 11 is 0. The summed E-state index contributed by atoms with van der Waals surface area (Å²) in [5.74, 6) is 1.15. The Labute approximate surface area is 113 Å². The van der Waals surface area contributed by atoms with Crippen LogP contribution in [0.2, 0.25) is 0 Å². The van der Waals surface area contributed by atoms with Crippen LogP contribution in [-0.4, -0.2) is 39.1 Å². The Morgan fingerprint density at radius 1 is 1.42 bits per heavy atom. The van der Waals surface area contributed by atoms with Crippen molar-refractivity contribution in [2.75, 3.05) is 34.0 Å². The van der Waals surface area contributed by atoms with Crippen LogP contribution in [0.4, 0.5) is 0 Å². The van der Waals surface area contributed by atoms with Gasteiger partial charge in [-0.2, -0.15) is 0 Å². The van der Waals surface area contributed by atoms with E-state index < -0.39 is 11.5 Å². The Hall–Kier alpha value is -1.30. The molecule has 0 saturated carbocycles. The molecule has 0 radical (unpaired) electrons. The Morgan fingerprint density at radius 3 is 2.74 bits per heavy atom. The quantitative estimate of drug-likeness (QED) is 0.835. The first-order chi connectivity index (χ1) is 9.18. The number of aliphatic hydroxyl groups excluding tert-OH is 1. The molecule has 5 heteroatoms. The van der Waals surface area contributed by atoms with Crippen LogP contribution in [0.5, 0.6) is 11.5 Å². The van der Waals surface area contributed by atoms with E-state index in [9.17, 15) is 5.11 Å². The molecule has 0 amide bonds. The van der Waals surface area contributed by atoms with Gasteiger partial charge >= 0.3 is 0 Å². The van der Waals surface area contributed by atoms with Gasteiger partial charge in [-0.05, 0) is 12.5 Å². The Kier molecular flexibility index (Phi) is 4.29. The van der Waals surface area contributed by atoms with E-state index >= 15 is 0 Å². The molecule has 0 aliphatic carbocycles. The molecule has 19 heavy (non-hydrogen) atoms. The molecule has 0 bridgehead atoms. The molecule has 2 atom stereocenters. The Bertz CT molecular complexity index is 429. The second-order valence-electron chi connectivity index (χ2n) is 4.85. The van der Waals surface area contributed by atoms with Crippen LogP contribution in [-0.2, 0) is 4.74 Å². The second kappa shape index (κ2) is 5.77. The number of hydrogen-bond acceptors (Lipinski definition) is 5. The minimum Gasteiger partial charge on any atom is -0.493 e. The molecule has 1 aromatic rings. The van der Waals surface area contributed by atoms with Crippen molar-refractivity contribution >= 4 is 0 Å². The van der Waals surface area contributed by atoms with Crippen molar-refractivity contribution in [2.24, 2.45) is 11.1 Å². The second-order valence-corrected chi connectivity index (χ2v) is 4.85. The summed E-state index contributed by atoms with van der Waals surface area (Å²) in [5, 5.41) is 10.7. The standard InChI is InChI=1S/C14H21NO4/c1-17-11-5-3-4-10(12(11)18-2)13(16)14(8-15)6-7-19-9-14/h3-5,13,16H,6-9,15H2,1-2H3. The SMILES string of the molecule is COc1cccc(C(O)C2(CN)CCOC2)c1OC. The largest absolute Gasteiger partial charge is 0.493 e. The molecule has 2 rings (SSSR count). The van der Waals surface area contributed by atoms with Crippen LogP contribution in [0, 0.1) is 5.41 Å². The van der Waals surface area contributed by atoms with Crippen molar-refractivity contribution in [1.29, 1.82) is 0 Å². The predicted octanol–water partition coefficient (Wildman–Crippen LogP) is 1.10. The van der Waals surface area contributed by atoms with E-state index in [1.807, 2.05) is 12.1 Å². The molecule has 2 unspecified atom stereocenters. The highest BCUT2D eigenvalue weighted by Gasteiger charge is 2.42. The summed E-state index contributed by atoms with van der Waals surface area (Å²) in [6.07, 6.45) is 0.00967. The van der Waals surface area contributed by atoms with Crippen LogP contribution in [0.15, 0.2) is 18.2 Å². The minimum absolute atomic E-state index is 0.370. The van der Waals surface area contributed by atoms with Crippen molar-refractivity contribution in [3.05, 3.63) is 23.8 Å². The highest BCUT2D eigenvalue weighted by atomic mass is 16.5. The molecule has 1 aromatic carbocycles. The topological polar surface area (TPSA) is 73.9 Å². The van der Waals surface area contributed by atoms with Crippen molar-refractivity contribution in [1.82, 2.24) is 0 Å². The van der Waals surface area contributed by atoms with Crippen LogP contribution < -0.4 is 15.2 Å². The third kappa shape index (κ3) is 2.41. The highest BCUT2D eigenvalue weighted by Crippen LogP contribution is 2.45. The molecule has 1 aliphatic rings. The molecular weight excluding hydrogens is 246 g/mol. The fraction of sp³-hybridized carbons (Fsp3) is 0.571. The fourth-order valence-electron chi connectivity index (χ4n) is 2.57. The molecule has 1 heterocycles.